The lowest BCUT2D eigenvalue weighted by Crippen LogP contribution is -2.24. The van der Waals surface area contributed by atoms with Crippen LogP contribution in [0.25, 0.3) is 10.4 Å². The molecule has 3 aromatic heterocycles. The number of aromatic amines is 1. The van der Waals surface area contributed by atoms with Gasteiger partial charge in [-0.3, -0.25) is 4.79 Å². The van der Waals surface area contributed by atoms with E-state index in [1.165, 1.54) is 11.3 Å². The number of hydrogen-bond acceptors (Lipinski definition) is 5. The van der Waals surface area contributed by atoms with E-state index >= 15 is 0 Å². The van der Waals surface area contributed by atoms with E-state index in [1.807, 2.05) is 30.7 Å². The highest BCUT2D eigenvalue weighted by molar-refractivity contribution is 7.91. The molecular weight excluding hydrogens is 384 g/mol. The summed E-state index contributed by atoms with van der Waals surface area (Å²) in [6.07, 6.45) is 6.54. The van der Waals surface area contributed by atoms with Gasteiger partial charge in [0.05, 0.1) is 6.33 Å². The van der Waals surface area contributed by atoms with Crippen molar-refractivity contribution in [2.45, 2.75) is 37.4 Å². The molecule has 0 amide bonds. The summed E-state index contributed by atoms with van der Waals surface area (Å²) in [7, 11) is -3.55. The molecule has 0 bridgehead atoms. The van der Waals surface area contributed by atoms with Crippen molar-refractivity contribution in [3.8, 4) is 10.4 Å². The Hall–Kier alpha value is -2.23. The Labute approximate surface area is 162 Å². The summed E-state index contributed by atoms with van der Waals surface area (Å²) in [6, 6.07) is 5.23. The van der Waals surface area contributed by atoms with Gasteiger partial charge in [0.2, 0.25) is 10.0 Å². The third kappa shape index (κ3) is 4.55. The molecule has 3 aromatic rings. The van der Waals surface area contributed by atoms with Crippen LogP contribution in [0, 0.1) is 6.92 Å². The predicted octanol–water partition coefficient (Wildman–Crippen LogP) is 2.54. The Kier molecular flexibility index (Phi) is 5.93. The van der Waals surface area contributed by atoms with Crippen LogP contribution in [0.5, 0.6) is 0 Å². The van der Waals surface area contributed by atoms with E-state index in [1.54, 1.807) is 24.7 Å². The Morgan fingerprint density at radius 3 is 2.85 bits per heavy atom. The summed E-state index contributed by atoms with van der Waals surface area (Å²) >= 11 is 1.20. The molecule has 0 unspecified atom stereocenters. The molecule has 0 aliphatic rings. The van der Waals surface area contributed by atoms with Gasteiger partial charge >= 0.3 is 0 Å². The molecule has 0 fully saturated rings. The van der Waals surface area contributed by atoms with Crippen LogP contribution in [-0.2, 0) is 23.0 Å². The molecule has 3 heterocycles. The Morgan fingerprint density at radius 2 is 2.15 bits per heavy atom. The summed E-state index contributed by atoms with van der Waals surface area (Å²) in [6.45, 7) is 4.79. The zero-order valence-corrected chi connectivity index (χ0v) is 16.9. The number of imidazole rings is 1. The summed E-state index contributed by atoms with van der Waals surface area (Å²) in [4.78, 5) is 19.5. The maximum atomic E-state index is 12.5. The van der Waals surface area contributed by atoms with Gasteiger partial charge in [0.15, 0.2) is 0 Å². The van der Waals surface area contributed by atoms with Crippen molar-refractivity contribution in [2.24, 2.45) is 0 Å². The zero-order chi connectivity index (χ0) is 19.4. The number of hydrogen-bond donors (Lipinski definition) is 2. The first-order chi connectivity index (χ1) is 12.9. The number of aromatic nitrogens is 3. The molecule has 0 saturated carbocycles. The van der Waals surface area contributed by atoms with Crippen LogP contribution < -0.4 is 10.3 Å². The maximum Gasteiger partial charge on any atom is 0.251 e. The number of nitrogens with one attached hydrogen (secondary N) is 2. The molecule has 9 heteroatoms. The average molecular weight is 407 g/mol. The Balaban J connectivity index is 1.71. The fourth-order valence-corrected chi connectivity index (χ4v) is 5.25. The Morgan fingerprint density at radius 1 is 1.33 bits per heavy atom. The lowest BCUT2D eigenvalue weighted by atomic mass is 10.1. The number of aryl methyl sites for hydroxylation is 3. The van der Waals surface area contributed by atoms with E-state index < -0.39 is 10.0 Å². The van der Waals surface area contributed by atoms with Crippen LogP contribution in [0.2, 0.25) is 0 Å². The third-order valence-electron chi connectivity index (χ3n) is 4.25. The minimum atomic E-state index is -3.55. The fraction of sp³-hybridized carbons (Fsp3) is 0.333. The second-order valence-electron chi connectivity index (χ2n) is 6.19. The van der Waals surface area contributed by atoms with E-state index in [4.69, 9.17) is 0 Å². The molecule has 0 atom stereocenters. The highest BCUT2D eigenvalue weighted by Crippen LogP contribution is 2.32. The third-order valence-corrected chi connectivity index (χ3v) is 7.32. The van der Waals surface area contributed by atoms with Crippen LogP contribution >= 0.6 is 11.3 Å². The van der Waals surface area contributed by atoms with Gasteiger partial charge in [-0.15, -0.1) is 11.3 Å². The molecule has 0 aliphatic heterocycles. The maximum absolute atomic E-state index is 12.5. The number of sulfonamides is 1. The minimum absolute atomic E-state index is 0.0947. The van der Waals surface area contributed by atoms with Gasteiger partial charge in [-0.05, 0) is 38.0 Å². The van der Waals surface area contributed by atoms with Crippen molar-refractivity contribution >= 4 is 21.4 Å². The monoisotopic (exact) mass is 406 g/mol. The SMILES string of the molecule is CCc1cc(-c2ccc(S(=O)(=O)NCCCn3ccnc3)s2)c(C)[nH]c1=O. The molecule has 3 rings (SSSR count). The van der Waals surface area contributed by atoms with Crippen molar-refractivity contribution in [3.05, 3.63) is 58.5 Å². The van der Waals surface area contributed by atoms with Gasteiger partial charge in [-0.25, -0.2) is 18.1 Å². The normalized spacial score (nSPS) is 11.8. The molecule has 144 valence electrons. The molecule has 27 heavy (non-hydrogen) atoms. The standard InChI is InChI=1S/C18H22N4O3S2/c1-3-14-11-15(13(2)21-18(14)23)16-5-6-17(26-16)27(24,25)20-7-4-9-22-10-8-19-12-22/h5-6,8,10-12,20H,3-4,7,9H2,1-2H3,(H,21,23). The van der Waals surface area contributed by atoms with Crippen LogP contribution in [-0.4, -0.2) is 29.5 Å². The number of thiophene rings is 1. The van der Waals surface area contributed by atoms with Crippen molar-refractivity contribution < 1.29 is 8.42 Å². The number of rotatable bonds is 8. The largest absolute Gasteiger partial charge is 0.337 e. The van der Waals surface area contributed by atoms with Gasteiger partial charge < -0.3 is 9.55 Å². The van der Waals surface area contributed by atoms with E-state index in [2.05, 4.69) is 14.7 Å². The molecule has 2 N–H and O–H groups in total. The summed E-state index contributed by atoms with van der Waals surface area (Å²) in [5.74, 6) is 0. The number of nitrogens with zero attached hydrogens (tertiary/aromatic N) is 2. The molecule has 0 saturated heterocycles. The van der Waals surface area contributed by atoms with E-state index in [-0.39, 0.29) is 9.77 Å². The first-order valence-corrected chi connectivity index (χ1v) is 11.0. The molecular formula is C18H22N4O3S2. The van der Waals surface area contributed by atoms with Gasteiger partial charge in [-0.2, -0.15) is 0 Å². The lowest BCUT2D eigenvalue weighted by molar-refractivity contribution is 0.571. The van der Waals surface area contributed by atoms with Crippen LogP contribution in [0.15, 0.2) is 45.9 Å². The second-order valence-corrected chi connectivity index (χ2v) is 9.26. The minimum Gasteiger partial charge on any atom is -0.337 e. The summed E-state index contributed by atoms with van der Waals surface area (Å²) < 4.78 is 29.9. The molecule has 0 aromatic carbocycles. The number of pyridine rings is 1. The molecule has 0 spiro atoms. The van der Waals surface area contributed by atoms with Gasteiger partial charge in [0.1, 0.15) is 4.21 Å². The van der Waals surface area contributed by atoms with Gasteiger partial charge in [-0.1, -0.05) is 6.92 Å². The smallest absolute Gasteiger partial charge is 0.251 e. The highest BCUT2D eigenvalue weighted by Gasteiger charge is 2.18. The first-order valence-electron chi connectivity index (χ1n) is 8.69. The highest BCUT2D eigenvalue weighted by atomic mass is 32.2. The molecule has 7 nitrogen and oxygen atoms in total. The quantitative estimate of drug-likeness (QED) is 0.562. The van der Waals surface area contributed by atoms with Crippen LogP contribution in [0.4, 0.5) is 0 Å². The number of H-pyrrole nitrogens is 1. The Bertz CT molecular complexity index is 1070. The molecule has 0 aliphatic carbocycles. The van der Waals surface area contributed by atoms with E-state index in [9.17, 15) is 13.2 Å². The fourth-order valence-electron chi connectivity index (χ4n) is 2.75. The van der Waals surface area contributed by atoms with Crippen molar-refractivity contribution in [1.82, 2.24) is 19.3 Å². The van der Waals surface area contributed by atoms with E-state index in [0.717, 1.165) is 16.1 Å². The zero-order valence-electron chi connectivity index (χ0n) is 15.2. The van der Waals surface area contributed by atoms with E-state index in [0.29, 0.717) is 31.5 Å². The average Bonchev–Trinajstić information content (AvgIpc) is 3.31. The molecule has 0 radical (unpaired) electrons. The van der Waals surface area contributed by atoms with Gasteiger partial charge in [0, 0.05) is 47.2 Å². The van der Waals surface area contributed by atoms with Crippen LogP contribution in [0.3, 0.4) is 0 Å². The van der Waals surface area contributed by atoms with Crippen molar-refractivity contribution in [1.29, 1.82) is 0 Å². The topological polar surface area (TPSA) is 96.8 Å². The van der Waals surface area contributed by atoms with Gasteiger partial charge in [0.25, 0.3) is 5.56 Å². The van der Waals surface area contributed by atoms with Crippen molar-refractivity contribution in [3.63, 3.8) is 0 Å². The lowest BCUT2D eigenvalue weighted by Gasteiger charge is -2.06. The van der Waals surface area contributed by atoms with Crippen LogP contribution in [0.1, 0.15) is 24.6 Å². The summed E-state index contributed by atoms with van der Waals surface area (Å²) in [5, 5.41) is 0. The first kappa shape index (κ1) is 19.5. The predicted molar refractivity (Wildman–Crippen MR) is 107 cm³/mol. The summed E-state index contributed by atoms with van der Waals surface area (Å²) in [5.41, 5.74) is 2.18. The van der Waals surface area contributed by atoms with Crippen molar-refractivity contribution in [2.75, 3.05) is 6.54 Å². The second kappa shape index (κ2) is 8.20.